The van der Waals surface area contributed by atoms with Crippen molar-refractivity contribution in [2.45, 2.75) is 52.6 Å². The first kappa shape index (κ1) is 12.2. The molecule has 2 bridgehead atoms. The first-order valence-electron chi connectivity index (χ1n) is 7.31. The van der Waals surface area contributed by atoms with Crippen LogP contribution in [0.15, 0.2) is 30.3 Å². The predicted molar refractivity (Wildman–Crippen MR) is 76.3 cm³/mol. The lowest BCUT2D eigenvalue weighted by atomic mass is 9.69. The van der Waals surface area contributed by atoms with Gasteiger partial charge in [0.1, 0.15) is 0 Å². The average Bonchev–Trinajstić information content (AvgIpc) is 2.70. The Morgan fingerprint density at radius 3 is 2.44 bits per heavy atom. The maximum Gasteiger partial charge on any atom is 0.0208 e. The fourth-order valence-corrected chi connectivity index (χ4v) is 4.35. The molecule has 0 amide bonds. The molecule has 98 valence electrons. The smallest absolute Gasteiger partial charge is 0.0208 e. The minimum Gasteiger partial charge on any atom is -0.309 e. The van der Waals surface area contributed by atoms with Crippen LogP contribution in [0.25, 0.3) is 0 Å². The minimum absolute atomic E-state index is 0.493. The highest BCUT2D eigenvalue weighted by atomic mass is 15.0. The van der Waals surface area contributed by atoms with E-state index < -0.39 is 0 Å². The fourth-order valence-electron chi connectivity index (χ4n) is 4.35. The monoisotopic (exact) mass is 243 g/mol. The normalized spacial score (nSPS) is 37.1. The van der Waals surface area contributed by atoms with Gasteiger partial charge >= 0.3 is 0 Å². The van der Waals surface area contributed by atoms with Gasteiger partial charge in [-0.1, -0.05) is 51.1 Å². The van der Waals surface area contributed by atoms with E-state index in [9.17, 15) is 0 Å². The Morgan fingerprint density at radius 1 is 1.17 bits per heavy atom. The summed E-state index contributed by atoms with van der Waals surface area (Å²) in [4.78, 5) is 0. The molecule has 1 aromatic rings. The zero-order valence-corrected chi connectivity index (χ0v) is 11.9. The molecule has 1 aromatic carbocycles. The van der Waals surface area contributed by atoms with Gasteiger partial charge < -0.3 is 5.32 Å². The Hall–Kier alpha value is -0.820. The van der Waals surface area contributed by atoms with Gasteiger partial charge in [-0.05, 0) is 41.6 Å². The van der Waals surface area contributed by atoms with Crippen LogP contribution in [-0.4, -0.2) is 6.04 Å². The number of rotatable bonds is 3. The van der Waals surface area contributed by atoms with Crippen LogP contribution in [0.5, 0.6) is 0 Å². The van der Waals surface area contributed by atoms with Crippen molar-refractivity contribution in [1.29, 1.82) is 0 Å². The van der Waals surface area contributed by atoms with Crippen LogP contribution in [0, 0.1) is 16.7 Å². The molecule has 2 saturated carbocycles. The van der Waals surface area contributed by atoms with E-state index in [0.717, 1.165) is 12.5 Å². The van der Waals surface area contributed by atoms with Crippen LogP contribution in [0.1, 0.15) is 45.6 Å². The first-order chi connectivity index (χ1) is 8.54. The van der Waals surface area contributed by atoms with Gasteiger partial charge in [0.25, 0.3) is 0 Å². The Morgan fingerprint density at radius 2 is 1.89 bits per heavy atom. The molecule has 0 aromatic heterocycles. The number of fused-ring (bicyclic) bond motifs is 2. The van der Waals surface area contributed by atoms with E-state index in [1.54, 1.807) is 0 Å². The molecule has 1 N–H and O–H groups in total. The van der Waals surface area contributed by atoms with Crippen LogP contribution >= 0.6 is 0 Å². The van der Waals surface area contributed by atoms with Gasteiger partial charge in [-0.3, -0.25) is 0 Å². The second-order valence-electron chi connectivity index (χ2n) is 7.03. The summed E-state index contributed by atoms with van der Waals surface area (Å²) in [5.41, 5.74) is 2.41. The SMILES string of the molecule is CC1(C)C2CCC1(C)C(NCc1ccccc1)C2. The average molecular weight is 243 g/mol. The number of hydrogen-bond acceptors (Lipinski definition) is 1. The summed E-state index contributed by atoms with van der Waals surface area (Å²) in [7, 11) is 0. The van der Waals surface area contributed by atoms with Crippen LogP contribution < -0.4 is 5.32 Å². The summed E-state index contributed by atoms with van der Waals surface area (Å²) >= 11 is 0. The van der Waals surface area contributed by atoms with Crippen molar-refractivity contribution in [1.82, 2.24) is 5.32 Å². The van der Waals surface area contributed by atoms with Gasteiger partial charge in [-0.2, -0.15) is 0 Å². The summed E-state index contributed by atoms with van der Waals surface area (Å²) in [5, 5.41) is 3.83. The van der Waals surface area contributed by atoms with Crippen molar-refractivity contribution >= 4 is 0 Å². The Balaban J connectivity index is 1.69. The van der Waals surface area contributed by atoms with E-state index in [0.29, 0.717) is 16.9 Å². The number of hydrogen-bond donors (Lipinski definition) is 1. The van der Waals surface area contributed by atoms with Gasteiger partial charge in [0, 0.05) is 12.6 Å². The molecule has 3 atom stereocenters. The molecule has 2 fully saturated rings. The number of benzene rings is 1. The molecule has 1 heteroatoms. The van der Waals surface area contributed by atoms with Crippen molar-refractivity contribution in [3.63, 3.8) is 0 Å². The van der Waals surface area contributed by atoms with Crippen molar-refractivity contribution in [2.24, 2.45) is 16.7 Å². The summed E-state index contributed by atoms with van der Waals surface area (Å²) in [5.74, 6) is 0.927. The second-order valence-corrected chi connectivity index (χ2v) is 7.03. The molecule has 0 spiro atoms. The lowest BCUT2D eigenvalue weighted by molar-refractivity contribution is 0.120. The van der Waals surface area contributed by atoms with Crippen molar-refractivity contribution < 1.29 is 0 Å². The molecule has 2 aliphatic carbocycles. The largest absolute Gasteiger partial charge is 0.309 e. The molecule has 3 unspecified atom stereocenters. The van der Waals surface area contributed by atoms with Gasteiger partial charge in [-0.15, -0.1) is 0 Å². The fraction of sp³-hybridized carbons (Fsp3) is 0.647. The van der Waals surface area contributed by atoms with Crippen molar-refractivity contribution in [3.05, 3.63) is 35.9 Å². The van der Waals surface area contributed by atoms with E-state index in [1.807, 2.05) is 0 Å². The number of nitrogens with one attached hydrogen (secondary N) is 1. The van der Waals surface area contributed by atoms with Crippen LogP contribution in [0.3, 0.4) is 0 Å². The van der Waals surface area contributed by atoms with Crippen LogP contribution in [0.2, 0.25) is 0 Å². The molecule has 1 nitrogen and oxygen atoms in total. The summed E-state index contributed by atoms with van der Waals surface area (Å²) in [6, 6.07) is 11.5. The molecule has 0 heterocycles. The third-order valence-electron chi connectivity index (χ3n) is 6.19. The maximum atomic E-state index is 3.83. The van der Waals surface area contributed by atoms with E-state index in [4.69, 9.17) is 0 Å². The first-order valence-corrected chi connectivity index (χ1v) is 7.31. The third-order valence-corrected chi connectivity index (χ3v) is 6.19. The molecule has 3 rings (SSSR count). The van der Waals surface area contributed by atoms with Crippen molar-refractivity contribution in [2.75, 3.05) is 0 Å². The Labute approximate surface area is 111 Å². The maximum absolute atomic E-state index is 3.83. The quantitative estimate of drug-likeness (QED) is 0.846. The van der Waals surface area contributed by atoms with Gasteiger partial charge in [0.15, 0.2) is 0 Å². The Bertz CT molecular complexity index is 422. The molecular weight excluding hydrogens is 218 g/mol. The molecule has 18 heavy (non-hydrogen) atoms. The van der Waals surface area contributed by atoms with Crippen LogP contribution in [0.4, 0.5) is 0 Å². The summed E-state index contributed by atoms with van der Waals surface area (Å²) in [6.07, 6.45) is 4.21. The zero-order chi connectivity index (χ0) is 12.8. The second kappa shape index (κ2) is 4.09. The molecule has 0 saturated heterocycles. The van der Waals surface area contributed by atoms with Gasteiger partial charge in [0.2, 0.25) is 0 Å². The zero-order valence-electron chi connectivity index (χ0n) is 11.9. The highest BCUT2D eigenvalue weighted by Crippen LogP contribution is 2.65. The van der Waals surface area contributed by atoms with Gasteiger partial charge in [-0.25, -0.2) is 0 Å². The van der Waals surface area contributed by atoms with Crippen LogP contribution in [-0.2, 0) is 6.54 Å². The lowest BCUT2D eigenvalue weighted by Crippen LogP contribution is -2.44. The standard InChI is InChI=1S/C17H25N/c1-16(2)14-9-10-17(16,3)15(11-14)18-12-13-7-5-4-6-8-13/h4-8,14-15,18H,9-12H2,1-3H3. The predicted octanol–water partition coefficient (Wildman–Crippen LogP) is 3.99. The summed E-state index contributed by atoms with van der Waals surface area (Å²) < 4.78 is 0. The summed E-state index contributed by atoms with van der Waals surface area (Å²) in [6.45, 7) is 8.48. The third kappa shape index (κ3) is 1.64. The Kier molecular flexibility index (Phi) is 2.78. The molecule has 0 aliphatic heterocycles. The van der Waals surface area contributed by atoms with E-state index >= 15 is 0 Å². The lowest BCUT2D eigenvalue weighted by Gasteiger charge is -2.39. The topological polar surface area (TPSA) is 12.0 Å². The van der Waals surface area contributed by atoms with Gasteiger partial charge in [0.05, 0.1) is 0 Å². The molecule has 2 aliphatic rings. The van der Waals surface area contributed by atoms with E-state index in [-0.39, 0.29) is 0 Å². The molecule has 0 radical (unpaired) electrons. The highest BCUT2D eigenvalue weighted by Gasteiger charge is 2.60. The van der Waals surface area contributed by atoms with E-state index in [1.165, 1.54) is 24.8 Å². The van der Waals surface area contributed by atoms with Crippen molar-refractivity contribution in [3.8, 4) is 0 Å². The minimum atomic E-state index is 0.493. The highest BCUT2D eigenvalue weighted by molar-refractivity contribution is 5.17. The van der Waals surface area contributed by atoms with E-state index in [2.05, 4.69) is 56.4 Å². The molecular formula is C17H25N.